The number of carbonyl (C=O) groups excluding carboxylic acids is 1. The average molecular weight is 399 g/mol. The van der Waals surface area contributed by atoms with Crippen molar-refractivity contribution in [2.24, 2.45) is 4.99 Å². The van der Waals surface area contributed by atoms with Crippen molar-refractivity contribution >= 4 is 12.1 Å². The van der Waals surface area contributed by atoms with Crippen molar-refractivity contribution < 1.29 is 9.18 Å². The summed E-state index contributed by atoms with van der Waals surface area (Å²) in [6.07, 6.45) is 6.98. The van der Waals surface area contributed by atoms with Crippen molar-refractivity contribution in [2.45, 2.75) is 44.2 Å². The molecule has 1 saturated carbocycles. The van der Waals surface area contributed by atoms with Gasteiger partial charge < -0.3 is 4.90 Å². The van der Waals surface area contributed by atoms with Crippen molar-refractivity contribution in [3.63, 3.8) is 0 Å². The van der Waals surface area contributed by atoms with Crippen LogP contribution in [0.4, 0.5) is 4.39 Å². The van der Waals surface area contributed by atoms with Gasteiger partial charge >= 0.3 is 0 Å². The molecule has 3 aliphatic rings. The van der Waals surface area contributed by atoms with Gasteiger partial charge in [-0.3, -0.25) is 9.79 Å². The van der Waals surface area contributed by atoms with Crippen molar-refractivity contribution in [1.82, 2.24) is 4.90 Å². The summed E-state index contributed by atoms with van der Waals surface area (Å²) >= 11 is 0. The van der Waals surface area contributed by atoms with E-state index in [1.165, 1.54) is 23.3 Å². The first-order chi connectivity index (χ1) is 14.7. The lowest BCUT2D eigenvalue weighted by Crippen LogP contribution is -2.43. The van der Waals surface area contributed by atoms with Crippen LogP contribution in [0.25, 0.3) is 11.1 Å². The van der Waals surface area contributed by atoms with Crippen LogP contribution < -0.4 is 0 Å². The number of aliphatic imine (C=N–C) groups is 1. The van der Waals surface area contributed by atoms with E-state index >= 15 is 0 Å². The highest BCUT2D eigenvalue weighted by Gasteiger charge is 2.39. The molecule has 0 radical (unpaired) electrons. The quantitative estimate of drug-likeness (QED) is 0.734. The predicted molar refractivity (Wildman–Crippen MR) is 114 cm³/mol. The highest BCUT2D eigenvalue weighted by molar-refractivity contribution is 5.95. The van der Waals surface area contributed by atoms with E-state index in [9.17, 15) is 14.4 Å². The number of amides is 1. The summed E-state index contributed by atoms with van der Waals surface area (Å²) in [5.74, 6) is -0.390. The zero-order valence-electron chi connectivity index (χ0n) is 16.6. The van der Waals surface area contributed by atoms with Gasteiger partial charge in [-0.15, -0.1) is 0 Å². The predicted octanol–water partition coefficient (Wildman–Crippen LogP) is 4.90. The zero-order valence-corrected chi connectivity index (χ0v) is 16.6. The average Bonchev–Trinajstić information content (AvgIpc) is 3.49. The van der Waals surface area contributed by atoms with Crippen LogP contribution in [-0.2, 0) is 0 Å². The van der Waals surface area contributed by atoms with Crippen LogP contribution in [0.15, 0.2) is 58.6 Å². The molecule has 1 atom stereocenters. The van der Waals surface area contributed by atoms with Crippen LogP contribution >= 0.6 is 0 Å². The molecule has 0 bridgehead atoms. The topological polar surface area (TPSA) is 56.5 Å². The number of benzene rings is 2. The molecule has 150 valence electrons. The number of halogens is 1. The lowest BCUT2D eigenvalue weighted by molar-refractivity contribution is 0.0645. The minimum absolute atomic E-state index is 0.0436. The van der Waals surface area contributed by atoms with Gasteiger partial charge in [0, 0.05) is 29.4 Å². The Bertz CT molecular complexity index is 1110. The Kier molecular flexibility index (Phi) is 4.71. The first-order valence-corrected chi connectivity index (χ1v) is 10.5. The maximum atomic E-state index is 14.3. The molecule has 5 rings (SSSR count). The van der Waals surface area contributed by atoms with E-state index in [0.29, 0.717) is 17.2 Å². The van der Waals surface area contributed by atoms with Gasteiger partial charge in [0.05, 0.1) is 18.2 Å². The van der Waals surface area contributed by atoms with Crippen molar-refractivity contribution in [3.05, 3.63) is 70.6 Å². The van der Waals surface area contributed by atoms with Crippen LogP contribution in [0.2, 0.25) is 0 Å². The van der Waals surface area contributed by atoms with Crippen molar-refractivity contribution in [2.75, 3.05) is 6.54 Å². The Morgan fingerprint density at radius 3 is 2.63 bits per heavy atom. The van der Waals surface area contributed by atoms with Crippen LogP contribution in [0.3, 0.4) is 0 Å². The van der Waals surface area contributed by atoms with E-state index in [0.717, 1.165) is 38.6 Å². The van der Waals surface area contributed by atoms with E-state index in [2.05, 4.69) is 9.89 Å². The molecule has 0 N–H and O–H groups in total. The van der Waals surface area contributed by atoms with E-state index in [1.54, 1.807) is 30.3 Å². The Balaban J connectivity index is 1.41. The fraction of sp³-hybridized carbons (Fsp3) is 0.320. The summed E-state index contributed by atoms with van der Waals surface area (Å²) in [6, 6.07) is 14.0. The highest BCUT2D eigenvalue weighted by Crippen LogP contribution is 2.37. The van der Waals surface area contributed by atoms with E-state index in [1.807, 2.05) is 12.3 Å². The Morgan fingerprint density at radius 1 is 1.10 bits per heavy atom. The fourth-order valence-electron chi connectivity index (χ4n) is 4.65. The zero-order chi connectivity index (χ0) is 20.7. The van der Waals surface area contributed by atoms with E-state index < -0.39 is 5.82 Å². The van der Waals surface area contributed by atoms with Gasteiger partial charge in [-0.1, -0.05) is 18.2 Å². The van der Waals surface area contributed by atoms with Gasteiger partial charge in [-0.25, -0.2) is 4.39 Å². The lowest BCUT2D eigenvalue weighted by atomic mass is 9.88. The van der Waals surface area contributed by atoms with Gasteiger partial charge in [0.2, 0.25) is 0 Å². The lowest BCUT2D eigenvalue weighted by Gasteiger charge is -2.35. The van der Waals surface area contributed by atoms with E-state index in [4.69, 9.17) is 0 Å². The van der Waals surface area contributed by atoms with Crippen LogP contribution in [0, 0.1) is 17.1 Å². The van der Waals surface area contributed by atoms with Gasteiger partial charge in [-0.2, -0.15) is 5.26 Å². The summed E-state index contributed by atoms with van der Waals surface area (Å²) in [4.78, 5) is 19.9. The van der Waals surface area contributed by atoms with Crippen molar-refractivity contribution in [3.8, 4) is 17.2 Å². The highest BCUT2D eigenvalue weighted by atomic mass is 19.1. The minimum Gasteiger partial charge on any atom is -0.332 e. The third kappa shape index (κ3) is 3.33. The first-order valence-electron chi connectivity index (χ1n) is 10.5. The summed E-state index contributed by atoms with van der Waals surface area (Å²) in [6.45, 7) is 0.821. The molecular weight excluding hydrogens is 377 g/mol. The number of nitriles is 1. The second-order valence-corrected chi connectivity index (χ2v) is 8.29. The first kappa shape index (κ1) is 18.7. The number of hydrogen-bond donors (Lipinski definition) is 0. The maximum absolute atomic E-state index is 14.3. The molecule has 1 unspecified atom stereocenters. The summed E-state index contributed by atoms with van der Waals surface area (Å²) in [5.41, 5.74) is 4.53. The monoisotopic (exact) mass is 399 g/mol. The summed E-state index contributed by atoms with van der Waals surface area (Å²) in [7, 11) is 0. The van der Waals surface area contributed by atoms with Crippen molar-refractivity contribution in [1.29, 1.82) is 5.26 Å². The molecule has 4 nitrogen and oxygen atoms in total. The second kappa shape index (κ2) is 7.53. The largest absolute Gasteiger partial charge is 0.332 e. The van der Waals surface area contributed by atoms with Gasteiger partial charge in [0.1, 0.15) is 5.82 Å². The number of rotatable bonds is 4. The van der Waals surface area contributed by atoms with Gasteiger partial charge in [0.15, 0.2) is 0 Å². The molecule has 1 fully saturated rings. The third-order valence-corrected chi connectivity index (χ3v) is 6.34. The molecule has 1 amide bonds. The molecule has 1 heterocycles. The standard InChI is InChI=1S/C25H22FN3O/c26-23-3-1-2-18(13-27)24(23)16-4-6-17(7-5-16)25(30)29(21-10-11-21)22-9-8-19-14-28-15-20(19)12-22/h1-7,15,21-22H,8-12,14H2. The molecule has 5 heteroatoms. The second-order valence-electron chi connectivity index (χ2n) is 8.29. The normalized spacial score (nSPS) is 20.1. The summed E-state index contributed by atoms with van der Waals surface area (Å²) < 4.78 is 14.3. The molecule has 0 saturated heterocycles. The number of hydrogen-bond acceptors (Lipinski definition) is 3. The summed E-state index contributed by atoms with van der Waals surface area (Å²) in [5, 5.41) is 9.31. The number of carbonyl (C=O) groups is 1. The Morgan fingerprint density at radius 2 is 1.90 bits per heavy atom. The maximum Gasteiger partial charge on any atom is 0.254 e. The Hall–Kier alpha value is -3.26. The van der Waals surface area contributed by atoms with Gasteiger partial charge in [0.25, 0.3) is 5.91 Å². The third-order valence-electron chi connectivity index (χ3n) is 6.34. The SMILES string of the molecule is N#Cc1cccc(F)c1-c1ccc(C(=O)N(C2CC2)C2CCC3=C(C=NC3)C2)cc1. The smallest absolute Gasteiger partial charge is 0.254 e. The van der Waals surface area contributed by atoms with Gasteiger partial charge in [-0.05, 0) is 73.1 Å². The van der Waals surface area contributed by atoms with Crippen LogP contribution in [0.1, 0.15) is 48.0 Å². The molecule has 2 aromatic rings. The minimum atomic E-state index is -0.433. The van der Waals surface area contributed by atoms with Crippen LogP contribution in [0.5, 0.6) is 0 Å². The van der Waals surface area contributed by atoms with E-state index in [-0.39, 0.29) is 23.1 Å². The Labute approximate surface area is 175 Å². The number of nitrogens with zero attached hydrogens (tertiary/aromatic N) is 3. The van der Waals surface area contributed by atoms with Crippen LogP contribution in [-0.4, -0.2) is 35.7 Å². The molecule has 2 aromatic carbocycles. The fourth-order valence-corrected chi connectivity index (χ4v) is 4.65. The molecule has 0 aromatic heterocycles. The molecule has 30 heavy (non-hydrogen) atoms. The molecular formula is C25H22FN3O. The molecule has 2 aliphatic carbocycles. The molecule has 0 spiro atoms. The molecule has 1 aliphatic heterocycles.